The van der Waals surface area contributed by atoms with Crippen LogP contribution in [0.1, 0.15) is 59.2 Å². The summed E-state index contributed by atoms with van der Waals surface area (Å²) in [5.41, 5.74) is 1.04. The fourth-order valence-electron chi connectivity index (χ4n) is 3.30. The topological polar surface area (TPSA) is 83.6 Å². The number of fused-ring (bicyclic) bond motifs is 1. The number of nitrogens with zero attached hydrogens (tertiary/aromatic N) is 4. The van der Waals surface area contributed by atoms with E-state index in [0.29, 0.717) is 17.0 Å². The first-order valence-electron chi connectivity index (χ1n) is 8.47. The molecule has 2 aromatic rings. The van der Waals surface area contributed by atoms with Crippen LogP contribution in [0.4, 0.5) is 0 Å². The van der Waals surface area contributed by atoms with Crippen LogP contribution in [0.2, 0.25) is 0 Å². The first-order chi connectivity index (χ1) is 11.7. The van der Waals surface area contributed by atoms with Crippen LogP contribution in [0.15, 0.2) is 24.3 Å². The van der Waals surface area contributed by atoms with E-state index in [4.69, 9.17) is 5.26 Å². The van der Waals surface area contributed by atoms with E-state index in [1.165, 1.54) is 12.8 Å². The van der Waals surface area contributed by atoms with Gasteiger partial charge in [-0.1, -0.05) is 6.07 Å². The Bertz CT molecular complexity index is 815. The molecule has 0 saturated heterocycles. The third-order valence-electron chi connectivity index (χ3n) is 4.81. The predicted molar refractivity (Wildman–Crippen MR) is 87.3 cm³/mol. The molecule has 1 fully saturated rings. The highest BCUT2D eigenvalue weighted by Gasteiger charge is 2.31. The Kier molecular flexibility index (Phi) is 3.77. The normalized spacial score (nSPS) is 19.9. The number of benzene rings is 1. The molecule has 1 unspecified atom stereocenters. The number of carbonyl (C=O) groups is 1. The first kappa shape index (κ1) is 14.9. The van der Waals surface area contributed by atoms with Crippen LogP contribution < -0.4 is 5.32 Å². The zero-order valence-electron chi connectivity index (χ0n) is 13.4. The highest BCUT2D eigenvalue weighted by molar-refractivity contribution is 5.94. The molecule has 1 saturated carbocycles. The zero-order chi connectivity index (χ0) is 16.5. The zero-order valence-corrected chi connectivity index (χ0v) is 13.4. The van der Waals surface area contributed by atoms with Crippen LogP contribution in [0.5, 0.6) is 0 Å². The highest BCUT2D eigenvalue weighted by atomic mass is 16.1. The van der Waals surface area contributed by atoms with Crippen molar-refractivity contribution in [3.63, 3.8) is 0 Å². The van der Waals surface area contributed by atoms with Gasteiger partial charge >= 0.3 is 0 Å². The Balaban J connectivity index is 1.43. The fraction of sp³-hybridized carbons (Fsp3) is 0.444. The summed E-state index contributed by atoms with van der Waals surface area (Å²) >= 11 is 0. The molecule has 0 radical (unpaired) electrons. The van der Waals surface area contributed by atoms with Crippen LogP contribution in [-0.4, -0.2) is 26.7 Å². The number of hydrogen-bond acceptors (Lipinski definition) is 4. The lowest BCUT2D eigenvalue weighted by atomic mass is 10.1. The van der Waals surface area contributed by atoms with E-state index in [0.717, 1.165) is 37.5 Å². The van der Waals surface area contributed by atoms with Crippen molar-refractivity contribution in [2.24, 2.45) is 0 Å². The van der Waals surface area contributed by atoms with E-state index >= 15 is 0 Å². The van der Waals surface area contributed by atoms with E-state index in [1.807, 2.05) is 0 Å². The van der Waals surface area contributed by atoms with Gasteiger partial charge in [-0.15, -0.1) is 10.2 Å². The molecule has 6 nitrogen and oxygen atoms in total. The summed E-state index contributed by atoms with van der Waals surface area (Å²) < 4.78 is 2.25. The van der Waals surface area contributed by atoms with E-state index < -0.39 is 0 Å². The molecule has 2 aliphatic rings. The van der Waals surface area contributed by atoms with Gasteiger partial charge in [0.05, 0.1) is 11.6 Å². The summed E-state index contributed by atoms with van der Waals surface area (Å²) in [6.07, 6.45) is 5.02. The summed E-state index contributed by atoms with van der Waals surface area (Å²) in [5.74, 6) is 2.64. The lowest BCUT2D eigenvalue weighted by molar-refractivity contribution is 0.0933. The minimum Gasteiger partial charge on any atom is -0.349 e. The van der Waals surface area contributed by atoms with Crippen molar-refractivity contribution in [2.75, 3.05) is 0 Å². The minimum absolute atomic E-state index is 0.114. The smallest absolute Gasteiger partial charge is 0.251 e. The second-order valence-electron chi connectivity index (χ2n) is 6.59. The average molecular weight is 321 g/mol. The van der Waals surface area contributed by atoms with Crippen molar-refractivity contribution in [1.29, 1.82) is 5.26 Å². The van der Waals surface area contributed by atoms with E-state index in [9.17, 15) is 4.79 Å². The largest absolute Gasteiger partial charge is 0.349 e. The van der Waals surface area contributed by atoms with Crippen LogP contribution in [-0.2, 0) is 13.0 Å². The van der Waals surface area contributed by atoms with Crippen LogP contribution in [0, 0.1) is 11.3 Å². The van der Waals surface area contributed by atoms with E-state index in [-0.39, 0.29) is 11.9 Å². The van der Waals surface area contributed by atoms with Gasteiger partial charge in [-0.3, -0.25) is 4.79 Å². The molecular weight excluding hydrogens is 302 g/mol. The molecule has 0 bridgehead atoms. The molecule has 4 rings (SSSR count). The second kappa shape index (κ2) is 6.08. The number of amides is 1. The summed E-state index contributed by atoms with van der Waals surface area (Å²) in [5, 5.41) is 20.7. The van der Waals surface area contributed by atoms with Gasteiger partial charge in [-0.25, -0.2) is 0 Å². The van der Waals surface area contributed by atoms with E-state index in [1.54, 1.807) is 24.3 Å². The van der Waals surface area contributed by atoms with Crippen molar-refractivity contribution in [3.8, 4) is 6.07 Å². The molecule has 1 atom stereocenters. The summed E-state index contributed by atoms with van der Waals surface area (Å²) in [6, 6.07) is 9.01. The maximum absolute atomic E-state index is 12.4. The van der Waals surface area contributed by atoms with Crippen LogP contribution >= 0.6 is 0 Å². The number of hydrogen-bond donors (Lipinski definition) is 1. The molecule has 1 N–H and O–H groups in total. The molecule has 1 aliphatic heterocycles. The van der Waals surface area contributed by atoms with Crippen molar-refractivity contribution >= 4 is 5.91 Å². The Labute approximate surface area is 140 Å². The van der Waals surface area contributed by atoms with Gasteiger partial charge in [0.2, 0.25) is 0 Å². The number of aryl methyl sites for hydroxylation is 1. The van der Waals surface area contributed by atoms with Gasteiger partial charge in [0.15, 0.2) is 0 Å². The summed E-state index contributed by atoms with van der Waals surface area (Å²) in [4.78, 5) is 12.4. The maximum atomic E-state index is 12.4. The Morgan fingerprint density at radius 1 is 1.25 bits per heavy atom. The summed E-state index contributed by atoms with van der Waals surface area (Å²) in [6.45, 7) is 0.858. The molecule has 1 aliphatic carbocycles. The molecule has 6 heteroatoms. The molecule has 0 spiro atoms. The Morgan fingerprint density at radius 3 is 2.92 bits per heavy atom. The van der Waals surface area contributed by atoms with Crippen LogP contribution in [0.25, 0.3) is 0 Å². The van der Waals surface area contributed by atoms with Gasteiger partial charge < -0.3 is 9.88 Å². The van der Waals surface area contributed by atoms with Crippen molar-refractivity contribution < 1.29 is 4.79 Å². The third-order valence-corrected chi connectivity index (χ3v) is 4.81. The highest BCUT2D eigenvalue weighted by Crippen LogP contribution is 2.39. The average Bonchev–Trinajstić information content (AvgIpc) is 3.41. The minimum atomic E-state index is -0.114. The van der Waals surface area contributed by atoms with Crippen molar-refractivity contribution in [3.05, 3.63) is 47.0 Å². The first-order valence-corrected chi connectivity index (χ1v) is 8.47. The number of rotatable bonds is 3. The van der Waals surface area contributed by atoms with Gasteiger partial charge in [0.1, 0.15) is 11.6 Å². The molecule has 2 heterocycles. The van der Waals surface area contributed by atoms with Gasteiger partial charge in [0.25, 0.3) is 5.91 Å². The number of carbonyl (C=O) groups excluding carboxylic acids is 1. The summed E-state index contributed by atoms with van der Waals surface area (Å²) in [7, 11) is 0. The third kappa shape index (κ3) is 2.90. The molecule has 122 valence electrons. The van der Waals surface area contributed by atoms with Gasteiger partial charge in [-0.05, 0) is 43.9 Å². The molecule has 24 heavy (non-hydrogen) atoms. The van der Waals surface area contributed by atoms with Crippen LogP contribution in [0.3, 0.4) is 0 Å². The SMILES string of the molecule is N#Cc1cccc(C(=O)NC2CCc3nnc(C4CC4)n3CC2)c1. The maximum Gasteiger partial charge on any atom is 0.251 e. The predicted octanol–water partition coefficient (Wildman–Crippen LogP) is 2.16. The van der Waals surface area contributed by atoms with E-state index in [2.05, 4.69) is 26.2 Å². The Hall–Kier alpha value is -2.68. The second-order valence-corrected chi connectivity index (χ2v) is 6.59. The lowest BCUT2D eigenvalue weighted by Crippen LogP contribution is -2.35. The van der Waals surface area contributed by atoms with Gasteiger partial charge in [0, 0.05) is 30.5 Å². The Morgan fingerprint density at radius 2 is 2.12 bits per heavy atom. The molecule has 1 aromatic carbocycles. The monoisotopic (exact) mass is 321 g/mol. The lowest BCUT2D eigenvalue weighted by Gasteiger charge is -2.16. The number of nitriles is 1. The molecule has 1 amide bonds. The standard InChI is InChI=1S/C18H19N5O/c19-11-12-2-1-3-14(10-12)18(24)20-15-6-7-16-21-22-17(13-4-5-13)23(16)9-8-15/h1-3,10,13,15H,4-9H2,(H,20,24). The van der Waals surface area contributed by atoms with Crippen molar-refractivity contribution in [1.82, 2.24) is 20.1 Å². The number of aromatic nitrogens is 3. The quantitative estimate of drug-likeness (QED) is 0.939. The molecular formula is C18H19N5O. The molecule has 1 aromatic heterocycles. The van der Waals surface area contributed by atoms with Crippen molar-refractivity contribution in [2.45, 2.75) is 50.6 Å². The fourth-order valence-corrected chi connectivity index (χ4v) is 3.30. The number of nitrogens with one attached hydrogen (secondary N) is 1. The van der Waals surface area contributed by atoms with Gasteiger partial charge in [-0.2, -0.15) is 5.26 Å².